The smallest absolute Gasteiger partial charge is 0.252 e. The average Bonchev–Trinajstić information content (AvgIpc) is 2.97. The highest BCUT2D eigenvalue weighted by Gasteiger charge is 2.27. The minimum atomic E-state index is -3.43. The second-order valence-electron chi connectivity index (χ2n) is 4.92. The van der Waals surface area contributed by atoms with E-state index in [0.717, 1.165) is 4.88 Å². The van der Waals surface area contributed by atoms with E-state index in [-0.39, 0.29) is 12.3 Å². The lowest BCUT2D eigenvalue weighted by molar-refractivity contribution is 0.361. The molecule has 126 valence electrons. The fourth-order valence-electron chi connectivity index (χ4n) is 2.07. The Morgan fingerprint density at radius 2 is 1.91 bits per heavy atom. The lowest BCUT2D eigenvalue weighted by Crippen LogP contribution is -2.46. The zero-order valence-electron chi connectivity index (χ0n) is 12.4. The van der Waals surface area contributed by atoms with Crippen LogP contribution >= 0.6 is 11.3 Å². The molecule has 2 rings (SSSR count). The molecule has 0 spiro atoms. The summed E-state index contributed by atoms with van der Waals surface area (Å²) in [5, 5.41) is 3.12. The molecular weight excluding hydrogens is 346 g/mol. The zero-order valence-corrected chi connectivity index (χ0v) is 14.9. The third kappa shape index (κ3) is 4.49. The van der Waals surface area contributed by atoms with E-state index in [1.54, 1.807) is 19.1 Å². The van der Waals surface area contributed by atoms with Crippen molar-refractivity contribution in [2.75, 3.05) is 38.5 Å². The highest BCUT2D eigenvalue weighted by molar-refractivity contribution is 7.91. The Balaban J connectivity index is 1.98. The van der Waals surface area contributed by atoms with Crippen LogP contribution in [0.15, 0.2) is 16.3 Å². The van der Waals surface area contributed by atoms with Crippen LogP contribution in [0.4, 0.5) is 0 Å². The third-order valence-electron chi connectivity index (χ3n) is 3.38. The summed E-state index contributed by atoms with van der Waals surface area (Å²) in [4.78, 5) is 0.854. The first-order valence-electron chi connectivity index (χ1n) is 7.12. The van der Waals surface area contributed by atoms with Crippen molar-refractivity contribution in [3.05, 3.63) is 17.0 Å². The van der Waals surface area contributed by atoms with Gasteiger partial charge in [-0.1, -0.05) is 0 Å². The van der Waals surface area contributed by atoms with Crippen LogP contribution in [0.5, 0.6) is 0 Å². The molecule has 22 heavy (non-hydrogen) atoms. The van der Waals surface area contributed by atoms with Crippen molar-refractivity contribution in [3.63, 3.8) is 0 Å². The van der Waals surface area contributed by atoms with Crippen molar-refractivity contribution < 1.29 is 16.8 Å². The fourth-order valence-corrected chi connectivity index (χ4v) is 5.64. The molecule has 1 aliphatic heterocycles. The largest absolute Gasteiger partial charge is 0.314 e. The summed E-state index contributed by atoms with van der Waals surface area (Å²) in [7, 11) is -6.63. The van der Waals surface area contributed by atoms with Crippen molar-refractivity contribution >= 4 is 31.4 Å². The number of hydrogen-bond donors (Lipinski definition) is 2. The Morgan fingerprint density at radius 3 is 2.55 bits per heavy atom. The van der Waals surface area contributed by atoms with Gasteiger partial charge < -0.3 is 5.32 Å². The van der Waals surface area contributed by atoms with E-state index >= 15 is 0 Å². The first kappa shape index (κ1) is 17.8. The maximum Gasteiger partial charge on any atom is 0.252 e. The molecule has 1 aromatic rings. The molecule has 2 heterocycles. The van der Waals surface area contributed by atoms with Crippen LogP contribution in [0.1, 0.15) is 11.8 Å². The summed E-state index contributed by atoms with van der Waals surface area (Å²) in [5.74, 6) is 0.0417. The van der Waals surface area contributed by atoms with E-state index in [0.29, 0.717) is 36.8 Å². The van der Waals surface area contributed by atoms with Gasteiger partial charge in [0.05, 0.1) is 5.75 Å². The van der Waals surface area contributed by atoms with Gasteiger partial charge in [-0.2, -0.15) is 4.31 Å². The SMILES string of the molecule is CCS(=O)(=O)NCCc1ccc(S(=O)(=O)N2CCNCC2)s1. The molecule has 0 bridgehead atoms. The van der Waals surface area contributed by atoms with Crippen molar-refractivity contribution in [2.45, 2.75) is 17.6 Å². The molecule has 2 N–H and O–H groups in total. The quantitative estimate of drug-likeness (QED) is 0.697. The van der Waals surface area contributed by atoms with Gasteiger partial charge in [0.25, 0.3) is 10.0 Å². The molecule has 0 radical (unpaired) electrons. The van der Waals surface area contributed by atoms with E-state index < -0.39 is 20.0 Å². The lowest BCUT2D eigenvalue weighted by Gasteiger charge is -2.25. The highest BCUT2D eigenvalue weighted by Crippen LogP contribution is 2.25. The van der Waals surface area contributed by atoms with Gasteiger partial charge in [-0.15, -0.1) is 11.3 Å². The van der Waals surface area contributed by atoms with Crippen LogP contribution in [0, 0.1) is 0 Å². The van der Waals surface area contributed by atoms with Crippen LogP contribution in [-0.2, 0) is 26.5 Å². The molecule has 1 aliphatic rings. The molecule has 7 nitrogen and oxygen atoms in total. The molecule has 0 aromatic carbocycles. The van der Waals surface area contributed by atoms with Gasteiger partial charge in [0.1, 0.15) is 4.21 Å². The summed E-state index contributed by atoms with van der Waals surface area (Å²) < 4.78 is 51.9. The second-order valence-corrected chi connectivity index (χ2v) is 10.4. The van der Waals surface area contributed by atoms with E-state index in [4.69, 9.17) is 0 Å². The standard InChI is InChI=1S/C12H21N3O4S3/c1-2-21(16,17)14-6-5-11-3-4-12(20-11)22(18,19)15-9-7-13-8-10-15/h3-4,13-14H,2,5-10H2,1H3. The second kappa shape index (κ2) is 7.37. The fraction of sp³-hybridized carbons (Fsp3) is 0.667. The van der Waals surface area contributed by atoms with Crippen LogP contribution in [0.3, 0.4) is 0 Å². The number of sulfonamides is 2. The topological polar surface area (TPSA) is 95.6 Å². The van der Waals surface area contributed by atoms with Crippen molar-refractivity contribution in [2.24, 2.45) is 0 Å². The van der Waals surface area contributed by atoms with E-state index in [2.05, 4.69) is 10.0 Å². The van der Waals surface area contributed by atoms with Crippen LogP contribution in [-0.4, -0.2) is 59.6 Å². The normalized spacial score (nSPS) is 17.7. The maximum absolute atomic E-state index is 12.5. The summed E-state index contributed by atoms with van der Waals surface area (Å²) in [5.41, 5.74) is 0. The van der Waals surface area contributed by atoms with E-state index in [9.17, 15) is 16.8 Å². The zero-order chi connectivity index (χ0) is 16.2. The van der Waals surface area contributed by atoms with Gasteiger partial charge in [0.2, 0.25) is 10.0 Å². The van der Waals surface area contributed by atoms with Crippen molar-refractivity contribution in [1.82, 2.24) is 14.3 Å². The first-order valence-corrected chi connectivity index (χ1v) is 11.0. The summed E-state index contributed by atoms with van der Waals surface area (Å²) in [6.07, 6.45) is 0.487. The number of nitrogens with one attached hydrogen (secondary N) is 2. The van der Waals surface area contributed by atoms with Gasteiger partial charge in [-0.3, -0.25) is 0 Å². The monoisotopic (exact) mass is 367 g/mol. The van der Waals surface area contributed by atoms with E-state index in [1.165, 1.54) is 15.6 Å². The Kier molecular flexibility index (Phi) is 5.97. The Morgan fingerprint density at radius 1 is 1.23 bits per heavy atom. The Hall–Kier alpha value is -0.520. The minimum absolute atomic E-state index is 0.0417. The minimum Gasteiger partial charge on any atom is -0.314 e. The van der Waals surface area contributed by atoms with Gasteiger partial charge >= 0.3 is 0 Å². The first-order chi connectivity index (χ1) is 10.3. The molecule has 1 aromatic heterocycles. The van der Waals surface area contributed by atoms with Gasteiger partial charge in [0, 0.05) is 37.6 Å². The van der Waals surface area contributed by atoms with Crippen LogP contribution in [0.25, 0.3) is 0 Å². The molecule has 0 unspecified atom stereocenters. The number of piperazine rings is 1. The highest BCUT2D eigenvalue weighted by atomic mass is 32.2. The number of hydrogen-bond acceptors (Lipinski definition) is 6. The van der Waals surface area contributed by atoms with E-state index in [1.807, 2.05) is 0 Å². The summed E-state index contributed by atoms with van der Waals surface area (Å²) in [6.45, 7) is 4.14. The number of thiophene rings is 1. The molecule has 0 atom stereocenters. The van der Waals surface area contributed by atoms with Crippen molar-refractivity contribution in [1.29, 1.82) is 0 Å². The van der Waals surface area contributed by atoms with Gasteiger partial charge in [-0.25, -0.2) is 21.6 Å². The molecule has 0 aliphatic carbocycles. The summed E-state index contributed by atoms with van der Waals surface area (Å²) in [6, 6.07) is 3.35. The maximum atomic E-state index is 12.5. The van der Waals surface area contributed by atoms with Crippen molar-refractivity contribution in [3.8, 4) is 0 Å². The molecule has 1 saturated heterocycles. The van der Waals surface area contributed by atoms with Gasteiger partial charge in [0.15, 0.2) is 0 Å². The predicted octanol–water partition coefficient (Wildman–Crippen LogP) is -0.176. The molecule has 0 amide bonds. The molecular formula is C12H21N3O4S3. The molecule has 10 heteroatoms. The molecule has 0 saturated carbocycles. The third-order valence-corrected chi connectivity index (χ3v) is 8.30. The predicted molar refractivity (Wildman–Crippen MR) is 87.1 cm³/mol. The number of nitrogens with zero attached hydrogens (tertiary/aromatic N) is 1. The Bertz CT molecular complexity index is 691. The lowest BCUT2D eigenvalue weighted by atomic mass is 10.3. The Labute approximate surface area is 135 Å². The summed E-state index contributed by atoms with van der Waals surface area (Å²) >= 11 is 1.21. The average molecular weight is 368 g/mol. The van der Waals surface area contributed by atoms with Crippen LogP contribution < -0.4 is 10.0 Å². The number of rotatable bonds is 7. The van der Waals surface area contributed by atoms with Crippen LogP contribution in [0.2, 0.25) is 0 Å². The molecule has 1 fully saturated rings. The van der Waals surface area contributed by atoms with Gasteiger partial charge in [-0.05, 0) is 25.5 Å².